The number of hydrogen-bond donors (Lipinski definition) is 1. The summed E-state index contributed by atoms with van der Waals surface area (Å²) in [5.41, 5.74) is 8.83. The van der Waals surface area contributed by atoms with Crippen molar-refractivity contribution in [2.45, 2.75) is 33.9 Å². The van der Waals surface area contributed by atoms with Gasteiger partial charge in [-0.25, -0.2) is 0 Å². The fourth-order valence-corrected chi connectivity index (χ4v) is 2.90. The highest BCUT2D eigenvalue weighted by atomic mass is 15.1. The predicted molar refractivity (Wildman–Crippen MR) is 99.0 cm³/mol. The molecule has 0 heterocycles. The largest absolute Gasteiger partial charge is 0.330 e. The first-order chi connectivity index (χ1) is 11.0. The lowest BCUT2D eigenvalue weighted by atomic mass is 9.79. The van der Waals surface area contributed by atoms with Gasteiger partial charge in [0, 0.05) is 19.6 Å². The second kappa shape index (κ2) is 8.28. The maximum absolute atomic E-state index is 5.92. The molecule has 0 aliphatic rings. The van der Waals surface area contributed by atoms with E-state index in [0.29, 0.717) is 5.92 Å². The third-order valence-electron chi connectivity index (χ3n) is 4.82. The molecule has 0 amide bonds. The molecule has 0 bridgehead atoms. The summed E-state index contributed by atoms with van der Waals surface area (Å²) >= 11 is 0. The first kappa shape index (κ1) is 17.7. The molecule has 0 radical (unpaired) electrons. The van der Waals surface area contributed by atoms with Gasteiger partial charge in [0.1, 0.15) is 0 Å². The second-order valence-electron chi connectivity index (χ2n) is 7.24. The van der Waals surface area contributed by atoms with E-state index >= 15 is 0 Å². The van der Waals surface area contributed by atoms with Crippen molar-refractivity contribution in [3.63, 3.8) is 0 Å². The topological polar surface area (TPSA) is 29.3 Å². The summed E-state index contributed by atoms with van der Waals surface area (Å²) in [4.78, 5) is 2.54. The molecule has 0 spiro atoms. The summed E-state index contributed by atoms with van der Waals surface area (Å²) in [7, 11) is 0. The van der Waals surface area contributed by atoms with Gasteiger partial charge in [-0.2, -0.15) is 0 Å². The van der Waals surface area contributed by atoms with E-state index in [9.17, 15) is 0 Å². The van der Waals surface area contributed by atoms with Crippen molar-refractivity contribution < 1.29 is 0 Å². The van der Waals surface area contributed by atoms with Crippen LogP contribution in [0.25, 0.3) is 0 Å². The summed E-state index contributed by atoms with van der Waals surface area (Å²) in [6.45, 7) is 10.6. The normalized spacial score (nSPS) is 13.3. The van der Waals surface area contributed by atoms with Crippen LogP contribution in [0.1, 0.15) is 31.9 Å². The summed E-state index contributed by atoms with van der Waals surface area (Å²) in [5, 5.41) is 0. The molecular weight excluding hydrogens is 280 g/mol. The number of hydrogen-bond acceptors (Lipinski definition) is 2. The Bertz CT molecular complexity index is 521. The Morgan fingerprint density at radius 1 is 0.870 bits per heavy atom. The van der Waals surface area contributed by atoms with Crippen molar-refractivity contribution in [1.29, 1.82) is 0 Å². The molecule has 2 nitrogen and oxygen atoms in total. The molecule has 1 atom stereocenters. The highest BCUT2D eigenvalue weighted by Crippen LogP contribution is 2.28. The predicted octanol–water partition coefficient (Wildman–Crippen LogP) is 4.31. The lowest BCUT2D eigenvalue weighted by Gasteiger charge is -2.37. The van der Waals surface area contributed by atoms with Crippen LogP contribution in [0.3, 0.4) is 0 Å². The van der Waals surface area contributed by atoms with Gasteiger partial charge in [-0.15, -0.1) is 0 Å². The van der Waals surface area contributed by atoms with Crippen LogP contribution in [0.2, 0.25) is 0 Å². The molecule has 0 aliphatic carbocycles. The van der Waals surface area contributed by atoms with E-state index in [1.54, 1.807) is 0 Å². The number of benzene rings is 2. The Hall–Kier alpha value is -1.64. The minimum Gasteiger partial charge on any atom is -0.330 e. The van der Waals surface area contributed by atoms with Crippen molar-refractivity contribution >= 4 is 0 Å². The molecule has 0 fully saturated rings. The van der Waals surface area contributed by atoms with E-state index in [-0.39, 0.29) is 5.41 Å². The van der Waals surface area contributed by atoms with Crippen LogP contribution in [0.15, 0.2) is 60.7 Å². The molecule has 2 aromatic rings. The van der Waals surface area contributed by atoms with Crippen LogP contribution in [0.4, 0.5) is 0 Å². The number of nitrogens with two attached hydrogens (primary N) is 1. The van der Waals surface area contributed by atoms with E-state index in [4.69, 9.17) is 5.73 Å². The monoisotopic (exact) mass is 310 g/mol. The van der Waals surface area contributed by atoms with Crippen LogP contribution in [-0.2, 0) is 13.1 Å². The van der Waals surface area contributed by atoms with Crippen LogP contribution in [0, 0.1) is 11.3 Å². The van der Waals surface area contributed by atoms with Crippen LogP contribution in [0.5, 0.6) is 0 Å². The highest BCUT2D eigenvalue weighted by Gasteiger charge is 2.27. The Morgan fingerprint density at radius 3 is 1.70 bits per heavy atom. The van der Waals surface area contributed by atoms with Crippen molar-refractivity contribution in [3.05, 3.63) is 71.8 Å². The van der Waals surface area contributed by atoms with Gasteiger partial charge in [0.2, 0.25) is 0 Å². The van der Waals surface area contributed by atoms with Gasteiger partial charge in [0.05, 0.1) is 0 Å². The van der Waals surface area contributed by atoms with E-state index in [1.807, 2.05) is 0 Å². The molecule has 0 saturated carbocycles. The first-order valence-corrected chi connectivity index (χ1v) is 8.51. The van der Waals surface area contributed by atoms with E-state index in [1.165, 1.54) is 11.1 Å². The highest BCUT2D eigenvalue weighted by molar-refractivity contribution is 5.17. The fraction of sp³-hybridized carbons (Fsp3) is 0.429. The molecule has 0 saturated heterocycles. The van der Waals surface area contributed by atoms with Gasteiger partial charge in [0.15, 0.2) is 0 Å². The maximum Gasteiger partial charge on any atom is 0.0237 e. The van der Waals surface area contributed by atoms with Gasteiger partial charge in [0.25, 0.3) is 0 Å². The van der Waals surface area contributed by atoms with Gasteiger partial charge < -0.3 is 5.73 Å². The van der Waals surface area contributed by atoms with Crippen molar-refractivity contribution in [1.82, 2.24) is 4.90 Å². The van der Waals surface area contributed by atoms with E-state index in [0.717, 1.165) is 26.2 Å². The zero-order valence-electron chi connectivity index (χ0n) is 14.7. The molecule has 1 unspecified atom stereocenters. The van der Waals surface area contributed by atoms with Crippen LogP contribution < -0.4 is 5.73 Å². The van der Waals surface area contributed by atoms with E-state index < -0.39 is 0 Å². The van der Waals surface area contributed by atoms with Gasteiger partial charge in [-0.3, -0.25) is 4.90 Å². The number of nitrogens with zero attached hydrogens (tertiary/aromatic N) is 1. The molecule has 2 rings (SSSR count). The molecule has 23 heavy (non-hydrogen) atoms. The second-order valence-corrected chi connectivity index (χ2v) is 7.24. The minimum absolute atomic E-state index is 0.193. The summed E-state index contributed by atoms with van der Waals surface area (Å²) in [5.74, 6) is 0.497. The Kier molecular flexibility index (Phi) is 6.37. The van der Waals surface area contributed by atoms with Gasteiger partial charge >= 0.3 is 0 Å². The summed E-state index contributed by atoms with van der Waals surface area (Å²) < 4.78 is 0. The van der Waals surface area contributed by atoms with Crippen molar-refractivity contribution in [2.24, 2.45) is 17.1 Å². The standard InChI is InChI=1S/C21H30N2/c1-18(14-22)21(2,3)17-23(15-19-10-6-4-7-11-19)16-20-12-8-5-9-13-20/h4-13,18H,14-17,22H2,1-3H3. The first-order valence-electron chi connectivity index (χ1n) is 8.51. The third kappa shape index (κ3) is 5.49. The smallest absolute Gasteiger partial charge is 0.0237 e. The Balaban J connectivity index is 2.13. The third-order valence-corrected chi connectivity index (χ3v) is 4.82. The van der Waals surface area contributed by atoms with Gasteiger partial charge in [-0.05, 0) is 29.0 Å². The lowest BCUT2D eigenvalue weighted by Crippen LogP contribution is -2.39. The molecule has 124 valence electrons. The zero-order chi connectivity index (χ0) is 16.7. The minimum atomic E-state index is 0.193. The lowest BCUT2D eigenvalue weighted by molar-refractivity contribution is 0.118. The molecule has 2 heteroatoms. The van der Waals surface area contributed by atoms with E-state index in [2.05, 4.69) is 86.3 Å². The SMILES string of the molecule is CC(CN)C(C)(C)CN(Cc1ccccc1)Cc1ccccc1. The average Bonchev–Trinajstić information content (AvgIpc) is 2.55. The zero-order valence-corrected chi connectivity index (χ0v) is 14.7. The van der Waals surface area contributed by atoms with Crippen LogP contribution >= 0.6 is 0 Å². The Morgan fingerprint density at radius 2 is 1.30 bits per heavy atom. The molecule has 0 aromatic heterocycles. The summed E-state index contributed by atoms with van der Waals surface area (Å²) in [6, 6.07) is 21.4. The van der Waals surface area contributed by atoms with Crippen molar-refractivity contribution in [2.75, 3.05) is 13.1 Å². The summed E-state index contributed by atoms with van der Waals surface area (Å²) in [6.07, 6.45) is 0. The molecule has 2 N–H and O–H groups in total. The maximum atomic E-state index is 5.92. The number of rotatable bonds is 8. The molecule has 0 aliphatic heterocycles. The quantitative estimate of drug-likeness (QED) is 0.787. The molecule has 2 aromatic carbocycles. The molecular formula is C21H30N2. The fourth-order valence-electron chi connectivity index (χ4n) is 2.90. The van der Waals surface area contributed by atoms with Crippen LogP contribution in [-0.4, -0.2) is 18.0 Å². The van der Waals surface area contributed by atoms with Gasteiger partial charge in [-0.1, -0.05) is 81.4 Å². The average molecular weight is 310 g/mol. The Labute approximate surface area is 141 Å². The van der Waals surface area contributed by atoms with Crippen molar-refractivity contribution in [3.8, 4) is 0 Å².